The molecule has 0 saturated heterocycles. The maximum Gasteiger partial charge on any atom is 0.335 e. The van der Waals surface area contributed by atoms with Gasteiger partial charge in [0.2, 0.25) is 0 Å². The lowest BCUT2D eigenvalue weighted by Gasteiger charge is -2.22. The van der Waals surface area contributed by atoms with Crippen molar-refractivity contribution in [2.45, 2.75) is 13.2 Å². The number of H-pyrrole nitrogens is 1. The number of nitrogens with one attached hydrogen (secondary N) is 1. The Morgan fingerprint density at radius 2 is 1.88 bits per heavy atom. The number of aromatic nitrogens is 4. The van der Waals surface area contributed by atoms with Crippen molar-refractivity contribution in [2.75, 3.05) is 6.61 Å². The lowest BCUT2D eigenvalue weighted by molar-refractivity contribution is -0.198. The molecule has 34 heavy (non-hydrogen) atoms. The van der Waals surface area contributed by atoms with E-state index in [1.807, 2.05) is 30.3 Å². The fraction of sp³-hybridized carbons (Fsp3) is 0.136. The van der Waals surface area contributed by atoms with Crippen molar-refractivity contribution in [1.29, 1.82) is 0 Å². The van der Waals surface area contributed by atoms with Crippen LogP contribution in [0.5, 0.6) is 5.75 Å². The molecular formula is C22H17Cl2N5O5. The van der Waals surface area contributed by atoms with Gasteiger partial charge in [0.15, 0.2) is 12.4 Å². The molecule has 0 aliphatic rings. The van der Waals surface area contributed by atoms with Gasteiger partial charge in [-0.05, 0) is 45.6 Å². The normalized spacial score (nSPS) is 10.9. The molecule has 12 heteroatoms. The summed E-state index contributed by atoms with van der Waals surface area (Å²) >= 11 is 12.4. The van der Waals surface area contributed by atoms with Crippen molar-refractivity contribution in [3.63, 3.8) is 0 Å². The third-order valence-electron chi connectivity index (χ3n) is 4.72. The predicted octanol–water partition coefficient (Wildman–Crippen LogP) is 3.90. The van der Waals surface area contributed by atoms with Gasteiger partial charge in [-0.15, -0.1) is 5.10 Å². The van der Waals surface area contributed by atoms with E-state index in [2.05, 4.69) is 20.6 Å². The number of hydrogen-bond donors (Lipinski definition) is 2. The number of carbonyl (C=O) groups is 2. The molecular weight excluding hydrogens is 485 g/mol. The van der Waals surface area contributed by atoms with Crippen molar-refractivity contribution in [3.8, 4) is 5.75 Å². The third kappa shape index (κ3) is 5.60. The second-order valence-corrected chi connectivity index (χ2v) is 7.93. The van der Waals surface area contributed by atoms with Crippen LogP contribution in [0, 0.1) is 0 Å². The molecule has 4 rings (SSSR count). The maximum atomic E-state index is 13.0. The second kappa shape index (κ2) is 10.5. The number of benzene rings is 3. The van der Waals surface area contributed by atoms with E-state index in [0.29, 0.717) is 21.6 Å². The Labute approximate surface area is 202 Å². The molecule has 1 amide bonds. The smallest absolute Gasteiger partial charge is 0.335 e. The van der Waals surface area contributed by atoms with Gasteiger partial charge < -0.3 is 9.84 Å². The van der Waals surface area contributed by atoms with E-state index >= 15 is 0 Å². The predicted molar refractivity (Wildman–Crippen MR) is 122 cm³/mol. The van der Waals surface area contributed by atoms with Gasteiger partial charge in [-0.1, -0.05) is 53.5 Å². The maximum absolute atomic E-state index is 13.0. The van der Waals surface area contributed by atoms with Gasteiger partial charge in [-0.2, -0.15) is 0 Å². The third-order valence-corrected chi connectivity index (χ3v) is 5.24. The van der Waals surface area contributed by atoms with Gasteiger partial charge in [-0.25, -0.2) is 15.0 Å². The zero-order valence-corrected chi connectivity index (χ0v) is 19.0. The number of aromatic carboxylic acids is 1. The molecule has 3 aromatic carbocycles. The summed E-state index contributed by atoms with van der Waals surface area (Å²) in [7, 11) is 0. The van der Waals surface area contributed by atoms with Crippen LogP contribution in [0.3, 0.4) is 0 Å². The van der Waals surface area contributed by atoms with Crippen LogP contribution < -0.4 is 4.74 Å². The molecule has 174 valence electrons. The second-order valence-electron chi connectivity index (χ2n) is 7.09. The standard InChI is InChI=1S/C22H17Cl2N5O5/c23-16-7-14-6-15(22(31)32)8-18(21(14)17(24)9-16)33-12-20(30)29(10-13-4-2-1-3-5-13)34-11-19-25-27-28-26-19/h1-9H,10-12H2,(H,31,32)(H,25,26,27,28). The van der Waals surface area contributed by atoms with Crippen molar-refractivity contribution >= 4 is 45.9 Å². The Bertz CT molecular complexity index is 1320. The number of tetrazole rings is 1. The lowest BCUT2D eigenvalue weighted by atomic mass is 10.1. The fourth-order valence-corrected chi connectivity index (χ4v) is 3.78. The van der Waals surface area contributed by atoms with E-state index in [9.17, 15) is 14.7 Å². The van der Waals surface area contributed by atoms with Crippen LogP contribution in [0.15, 0.2) is 54.6 Å². The number of nitrogens with zero attached hydrogens (tertiary/aromatic N) is 4. The molecule has 0 fully saturated rings. The summed E-state index contributed by atoms with van der Waals surface area (Å²) in [4.78, 5) is 30.2. The van der Waals surface area contributed by atoms with Crippen molar-refractivity contribution in [3.05, 3.63) is 81.6 Å². The molecule has 0 atom stereocenters. The summed E-state index contributed by atoms with van der Waals surface area (Å²) in [6.07, 6.45) is 0. The van der Waals surface area contributed by atoms with Gasteiger partial charge in [0, 0.05) is 10.4 Å². The van der Waals surface area contributed by atoms with Crippen molar-refractivity contribution in [2.24, 2.45) is 0 Å². The number of rotatable bonds is 9. The highest BCUT2D eigenvalue weighted by Crippen LogP contribution is 2.36. The van der Waals surface area contributed by atoms with Crippen LogP contribution in [0.2, 0.25) is 10.0 Å². The SMILES string of the molecule is O=C(O)c1cc(OCC(=O)N(Cc2ccccc2)OCc2nnn[nH]2)c2c(Cl)cc(Cl)cc2c1. The number of carbonyl (C=O) groups excluding carboxylic acids is 1. The number of aromatic amines is 1. The van der Waals surface area contributed by atoms with E-state index in [1.54, 1.807) is 6.07 Å². The van der Waals surface area contributed by atoms with Crippen molar-refractivity contribution in [1.82, 2.24) is 25.7 Å². The van der Waals surface area contributed by atoms with Crippen LogP contribution in [0.1, 0.15) is 21.7 Å². The Morgan fingerprint density at radius 3 is 2.59 bits per heavy atom. The Morgan fingerprint density at radius 1 is 1.09 bits per heavy atom. The van der Waals surface area contributed by atoms with Crippen LogP contribution in [0.4, 0.5) is 0 Å². The Balaban J connectivity index is 1.57. The molecule has 0 saturated carbocycles. The first kappa shape index (κ1) is 23.4. The molecule has 4 aromatic rings. The van der Waals surface area contributed by atoms with E-state index in [-0.39, 0.29) is 29.5 Å². The van der Waals surface area contributed by atoms with Gasteiger partial charge >= 0.3 is 5.97 Å². The Hall–Kier alpha value is -3.73. The zero-order valence-electron chi connectivity index (χ0n) is 17.4. The lowest BCUT2D eigenvalue weighted by Crippen LogP contribution is -2.34. The highest BCUT2D eigenvalue weighted by Gasteiger charge is 2.19. The fourth-order valence-electron chi connectivity index (χ4n) is 3.17. The summed E-state index contributed by atoms with van der Waals surface area (Å²) in [5.41, 5.74) is 0.783. The summed E-state index contributed by atoms with van der Waals surface area (Å²) < 4.78 is 5.74. The summed E-state index contributed by atoms with van der Waals surface area (Å²) in [6, 6.07) is 15.0. The molecule has 2 N–H and O–H groups in total. The first-order valence-corrected chi connectivity index (χ1v) is 10.6. The summed E-state index contributed by atoms with van der Waals surface area (Å²) in [6.45, 7) is -0.386. The average Bonchev–Trinajstić information content (AvgIpc) is 3.33. The molecule has 0 aliphatic heterocycles. The molecule has 0 unspecified atom stereocenters. The zero-order chi connectivity index (χ0) is 24.1. The highest BCUT2D eigenvalue weighted by molar-refractivity contribution is 6.39. The number of carboxylic acid groups (broad SMARTS) is 1. The summed E-state index contributed by atoms with van der Waals surface area (Å²) in [5, 5.41) is 25.3. The topological polar surface area (TPSA) is 131 Å². The molecule has 0 bridgehead atoms. The Kier molecular flexibility index (Phi) is 7.21. The number of amides is 1. The first-order chi connectivity index (χ1) is 16.4. The number of carboxylic acids is 1. The largest absolute Gasteiger partial charge is 0.483 e. The van der Waals surface area contributed by atoms with Crippen LogP contribution in [0.25, 0.3) is 10.8 Å². The number of hydroxylamine groups is 2. The monoisotopic (exact) mass is 501 g/mol. The number of fused-ring (bicyclic) bond motifs is 1. The molecule has 1 heterocycles. The van der Waals surface area contributed by atoms with Crippen molar-refractivity contribution < 1.29 is 24.3 Å². The van der Waals surface area contributed by atoms with Gasteiger partial charge in [0.05, 0.1) is 17.1 Å². The minimum absolute atomic E-state index is 0.0384. The van der Waals surface area contributed by atoms with Crippen LogP contribution in [-0.4, -0.2) is 49.3 Å². The number of halogens is 2. The molecule has 10 nitrogen and oxygen atoms in total. The van der Waals surface area contributed by atoms with Gasteiger partial charge in [-0.3, -0.25) is 9.63 Å². The van der Waals surface area contributed by atoms with E-state index < -0.39 is 18.5 Å². The van der Waals surface area contributed by atoms with E-state index in [4.69, 9.17) is 32.8 Å². The van der Waals surface area contributed by atoms with Crippen LogP contribution >= 0.6 is 23.2 Å². The quantitative estimate of drug-likeness (QED) is 0.330. The number of hydrogen-bond acceptors (Lipinski definition) is 7. The van der Waals surface area contributed by atoms with Crippen LogP contribution in [-0.2, 0) is 22.8 Å². The number of ether oxygens (including phenoxy) is 1. The first-order valence-electron chi connectivity index (χ1n) is 9.89. The molecule has 0 spiro atoms. The van der Waals surface area contributed by atoms with Gasteiger partial charge in [0.1, 0.15) is 12.4 Å². The molecule has 1 aromatic heterocycles. The molecule has 0 aliphatic carbocycles. The average molecular weight is 502 g/mol. The highest BCUT2D eigenvalue weighted by atomic mass is 35.5. The summed E-state index contributed by atoms with van der Waals surface area (Å²) in [5.74, 6) is -1.22. The van der Waals surface area contributed by atoms with E-state index in [0.717, 1.165) is 10.6 Å². The van der Waals surface area contributed by atoms with Gasteiger partial charge in [0.25, 0.3) is 5.91 Å². The molecule has 0 radical (unpaired) electrons. The minimum Gasteiger partial charge on any atom is -0.483 e. The minimum atomic E-state index is -1.16. The van der Waals surface area contributed by atoms with E-state index in [1.165, 1.54) is 18.2 Å².